The maximum Gasteiger partial charge on any atom is 0.408 e. The maximum atomic E-state index is 13.0. The fourth-order valence-electron chi connectivity index (χ4n) is 3.79. The van der Waals surface area contributed by atoms with Crippen LogP contribution >= 0.6 is 11.8 Å². The third-order valence-corrected chi connectivity index (χ3v) is 6.77. The molecule has 0 aliphatic carbocycles. The van der Waals surface area contributed by atoms with Crippen molar-refractivity contribution in [2.24, 2.45) is 0 Å². The van der Waals surface area contributed by atoms with Crippen molar-refractivity contribution in [2.45, 2.75) is 44.3 Å². The number of fused-ring (bicyclic) bond motifs is 1. The highest BCUT2D eigenvalue weighted by Crippen LogP contribution is 2.37. The second kappa shape index (κ2) is 13.7. The van der Waals surface area contributed by atoms with E-state index in [-0.39, 0.29) is 6.61 Å². The van der Waals surface area contributed by atoms with Crippen LogP contribution in [0.1, 0.15) is 37.1 Å². The zero-order valence-corrected chi connectivity index (χ0v) is 22.9. The summed E-state index contributed by atoms with van der Waals surface area (Å²) in [4.78, 5) is 37.8. The lowest BCUT2D eigenvalue weighted by molar-refractivity contribution is -0.143. The van der Waals surface area contributed by atoms with Crippen molar-refractivity contribution in [2.75, 3.05) is 19.4 Å². The average Bonchev–Trinajstić information content (AvgIpc) is 2.90. The van der Waals surface area contributed by atoms with Gasteiger partial charge in [0.05, 0.1) is 12.4 Å². The van der Waals surface area contributed by atoms with Crippen molar-refractivity contribution in [3.05, 3.63) is 83.9 Å². The molecule has 9 heteroatoms. The minimum atomic E-state index is -1.04. The molecule has 0 aliphatic rings. The van der Waals surface area contributed by atoms with E-state index in [1.165, 1.54) is 18.9 Å². The lowest BCUT2D eigenvalue weighted by Gasteiger charge is -2.27. The molecule has 0 aromatic heterocycles. The number of esters is 1. The molecule has 2 amide bonds. The van der Waals surface area contributed by atoms with E-state index in [1.54, 1.807) is 20.8 Å². The normalized spacial score (nSPS) is 12.7. The van der Waals surface area contributed by atoms with E-state index in [0.717, 1.165) is 21.9 Å². The van der Waals surface area contributed by atoms with Crippen molar-refractivity contribution >= 4 is 40.7 Å². The third-order valence-electron chi connectivity index (χ3n) is 5.44. The van der Waals surface area contributed by atoms with Crippen molar-refractivity contribution in [3.63, 3.8) is 0 Å². The lowest BCUT2D eigenvalue weighted by atomic mass is 9.98. The van der Waals surface area contributed by atoms with Gasteiger partial charge in [-0.05, 0) is 42.7 Å². The first kappa shape index (κ1) is 28.8. The molecule has 8 nitrogen and oxygen atoms in total. The zero-order chi connectivity index (χ0) is 27.5. The van der Waals surface area contributed by atoms with Crippen molar-refractivity contribution < 1.29 is 28.6 Å². The Bertz CT molecular complexity index is 1220. The molecule has 2 atom stereocenters. The second-order valence-corrected chi connectivity index (χ2v) is 10.7. The van der Waals surface area contributed by atoms with Crippen LogP contribution in [-0.2, 0) is 25.6 Å². The fraction of sp³-hybridized carbons (Fsp3) is 0.345. The molecule has 0 aliphatic heterocycles. The van der Waals surface area contributed by atoms with Crippen LogP contribution in [0.5, 0.6) is 0 Å². The first-order valence-corrected chi connectivity index (χ1v) is 13.3. The zero-order valence-electron chi connectivity index (χ0n) is 22.1. The van der Waals surface area contributed by atoms with Crippen molar-refractivity contribution in [1.29, 1.82) is 0 Å². The molecule has 0 radical (unpaired) electrons. The highest BCUT2D eigenvalue weighted by molar-refractivity contribution is 7.99. The molecule has 0 saturated carbocycles. The molecule has 0 spiro atoms. The van der Waals surface area contributed by atoms with Gasteiger partial charge in [-0.15, -0.1) is 11.8 Å². The van der Waals surface area contributed by atoms with E-state index in [1.807, 2.05) is 72.8 Å². The minimum absolute atomic E-state index is 0.0620. The number of ether oxygens (including phenoxy) is 3. The van der Waals surface area contributed by atoms with Gasteiger partial charge in [0.15, 0.2) is 0 Å². The van der Waals surface area contributed by atoms with Gasteiger partial charge in [0.25, 0.3) is 0 Å². The molecule has 0 bridgehead atoms. The summed E-state index contributed by atoms with van der Waals surface area (Å²) in [6.45, 7) is 5.74. The van der Waals surface area contributed by atoms with Gasteiger partial charge in [0, 0.05) is 12.3 Å². The van der Waals surface area contributed by atoms with E-state index in [2.05, 4.69) is 10.6 Å². The number of amides is 2. The number of nitrogens with one attached hydrogen (secondary N) is 2. The standard InChI is InChI=1S/C29H34N2O6S/c1-29(2,3)37-27(33)30-17-18-38-25(23-16-10-14-21-13-8-9-15-22(21)23)24(26(32)35-4)31-28(34)36-19-20-11-6-5-7-12-20/h5-16,24-25H,17-19H2,1-4H3,(H,30,33)(H,31,34). The predicted octanol–water partition coefficient (Wildman–Crippen LogP) is 5.61. The Kier molecular flexibility index (Phi) is 10.4. The highest BCUT2D eigenvalue weighted by Gasteiger charge is 2.34. The molecule has 2 unspecified atom stereocenters. The predicted molar refractivity (Wildman–Crippen MR) is 149 cm³/mol. The number of hydrogen-bond acceptors (Lipinski definition) is 7. The smallest absolute Gasteiger partial charge is 0.408 e. The van der Waals surface area contributed by atoms with Gasteiger partial charge in [-0.25, -0.2) is 14.4 Å². The van der Waals surface area contributed by atoms with E-state index in [0.29, 0.717) is 12.3 Å². The first-order valence-electron chi connectivity index (χ1n) is 12.3. The van der Waals surface area contributed by atoms with E-state index in [4.69, 9.17) is 14.2 Å². The molecule has 38 heavy (non-hydrogen) atoms. The number of carbonyl (C=O) groups is 3. The number of methoxy groups -OCH3 is 1. The minimum Gasteiger partial charge on any atom is -0.467 e. The molecule has 0 heterocycles. The van der Waals surface area contributed by atoms with Crippen LogP contribution in [0.4, 0.5) is 9.59 Å². The summed E-state index contributed by atoms with van der Waals surface area (Å²) in [5, 5.41) is 6.86. The largest absolute Gasteiger partial charge is 0.467 e. The van der Waals surface area contributed by atoms with Crippen LogP contribution in [0, 0.1) is 0 Å². The van der Waals surface area contributed by atoms with Crippen molar-refractivity contribution in [3.8, 4) is 0 Å². The molecule has 2 N–H and O–H groups in total. The van der Waals surface area contributed by atoms with Gasteiger partial charge >= 0.3 is 18.2 Å². The molecule has 3 aromatic carbocycles. The Morgan fingerprint density at radius 2 is 1.58 bits per heavy atom. The Hall–Kier alpha value is -3.72. The number of carbonyl (C=O) groups excluding carboxylic acids is 3. The Labute approximate surface area is 227 Å². The van der Waals surface area contributed by atoms with E-state index >= 15 is 0 Å². The average molecular weight is 539 g/mol. The molecule has 0 fully saturated rings. The van der Waals surface area contributed by atoms with E-state index < -0.39 is 35.0 Å². The number of rotatable bonds is 10. The van der Waals surface area contributed by atoms with Crippen LogP contribution in [-0.4, -0.2) is 49.2 Å². The summed E-state index contributed by atoms with van der Waals surface area (Å²) in [6, 6.07) is 21.9. The van der Waals surface area contributed by atoms with Crippen molar-refractivity contribution in [1.82, 2.24) is 10.6 Å². The molecule has 202 valence electrons. The summed E-state index contributed by atoms with van der Waals surface area (Å²) in [7, 11) is 1.28. The first-order chi connectivity index (χ1) is 18.2. The highest BCUT2D eigenvalue weighted by atomic mass is 32.2. The van der Waals surface area contributed by atoms with Gasteiger partial charge in [0.2, 0.25) is 0 Å². The number of thioether (sulfide) groups is 1. The monoisotopic (exact) mass is 538 g/mol. The van der Waals surface area contributed by atoms with Gasteiger partial charge in [0.1, 0.15) is 18.2 Å². The fourth-order valence-corrected chi connectivity index (χ4v) is 5.02. The molecular formula is C29H34N2O6S. The van der Waals surface area contributed by atoms with E-state index in [9.17, 15) is 14.4 Å². The summed E-state index contributed by atoms with van der Waals surface area (Å²) >= 11 is 1.42. The van der Waals surface area contributed by atoms with Gasteiger partial charge < -0.3 is 24.8 Å². The van der Waals surface area contributed by atoms with Crippen LogP contribution in [0.2, 0.25) is 0 Å². The number of alkyl carbamates (subject to hydrolysis) is 2. The summed E-state index contributed by atoms with van der Waals surface area (Å²) in [5.41, 5.74) is 1.07. The van der Waals surface area contributed by atoms with Crippen LogP contribution in [0.15, 0.2) is 72.8 Å². The quantitative estimate of drug-likeness (QED) is 0.197. The molecule has 3 aromatic rings. The lowest BCUT2D eigenvalue weighted by Crippen LogP contribution is -2.45. The van der Waals surface area contributed by atoms with Gasteiger partial charge in [-0.2, -0.15) is 0 Å². The van der Waals surface area contributed by atoms with Crippen LogP contribution in [0.25, 0.3) is 10.8 Å². The summed E-state index contributed by atoms with van der Waals surface area (Å²) < 4.78 is 15.8. The molecule has 0 saturated heterocycles. The number of hydrogen-bond donors (Lipinski definition) is 2. The Balaban J connectivity index is 1.81. The van der Waals surface area contributed by atoms with Crippen LogP contribution < -0.4 is 10.6 Å². The third kappa shape index (κ3) is 8.69. The number of benzene rings is 3. The summed E-state index contributed by atoms with van der Waals surface area (Å²) in [6.07, 6.45) is -1.26. The van der Waals surface area contributed by atoms with Crippen LogP contribution in [0.3, 0.4) is 0 Å². The maximum absolute atomic E-state index is 13.0. The van der Waals surface area contributed by atoms with Gasteiger partial charge in [-0.1, -0.05) is 72.8 Å². The SMILES string of the molecule is COC(=O)C(NC(=O)OCc1ccccc1)C(SCCNC(=O)OC(C)(C)C)c1cccc2ccccc12. The summed E-state index contributed by atoms with van der Waals surface area (Å²) in [5.74, 6) is -0.159. The molecular weight excluding hydrogens is 504 g/mol. The van der Waals surface area contributed by atoms with Gasteiger partial charge in [-0.3, -0.25) is 0 Å². The second-order valence-electron chi connectivity index (χ2n) is 9.50. The molecule has 3 rings (SSSR count). The topological polar surface area (TPSA) is 103 Å². The Morgan fingerprint density at radius 1 is 0.895 bits per heavy atom. The Morgan fingerprint density at radius 3 is 2.29 bits per heavy atom.